The van der Waals surface area contributed by atoms with E-state index < -0.39 is 5.25 Å². The first kappa shape index (κ1) is 17.8. The third kappa shape index (κ3) is 4.33. The Bertz CT molecular complexity index is 867. The lowest BCUT2D eigenvalue weighted by Crippen LogP contribution is -2.22. The first-order chi connectivity index (χ1) is 12.1. The van der Waals surface area contributed by atoms with E-state index in [1.807, 2.05) is 17.5 Å². The van der Waals surface area contributed by atoms with Crippen molar-refractivity contribution in [2.75, 3.05) is 12.4 Å². The standard InChI is InChI=1S/C16H14ClN3O3S2/c1-9(14(21)18-11-8-10(17)5-6-12(11)22-2)25-16-20-19-15(23-16)13-4-3-7-24-13/h3-9H,1-2H3,(H,18,21)/t9-/m1/s1. The number of hydrogen-bond acceptors (Lipinski definition) is 7. The Hall–Kier alpha value is -2.03. The summed E-state index contributed by atoms with van der Waals surface area (Å²) in [5.74, 6) is 0.760. The first-order valence-corrected chi connectivity index (χ1v) is 9.39. The highest BCUT2D eigenvalue weighted by Crippen LogP contribution is 2.31. The van der Waals surface area contributed by atoms with Gasteiger partial charge >= 0.3 is 0 Å². The van der Waals surface area contributed by atoms with Crippen molar-refractivity contribution >= 4 is 46.3 Å². The molecule has 0 aliphatic carbocycles. The van der Waals surface area contributed by atoms with Crippen molar-refractivity contribution in [2.24, 2.45) is 0 Å². The van der Waals surface area contributed by atoms with Gasteiger partial charge in [-0.2, -0.15) is 0 Å². The van der Waals surface area contributed by atoms with Crippen LogP contribution in [0.15, 0.2) is 45.4 Å². The molecule has 0 aliphatic heterocycles. The summed E-state index contributed by atoms with van der Waals surface area (Å²) in [6.07, 6.45) is 0. The van der Waals surface area contributed by atoms with E-state index in [0.717, 1.165) is 4.88 Å². The average molecular weight is 396 g/mol. The largest absolute Gasteiger partial charge is 0.495 e. The summed E-state index contributed by atoms with van der Waals surface area (Å²) in [6.45, 7) is 1.76. The second kappa shape index (κ2) is 7.90. The predicted molar refractivity (Wildman–Crippen MR) is 99.6 cm³/mol. The summed E-state index contributed by atoms with van der Waals surface area (Å²) in [4.78, 5) is 13.3. The molecule has 0 bridgehead atoms. The van der Waals surface area contributed by atoms with Crippen LogP contribution in [0, 0.1) is 0 Å². The van der Waals surface area contributed by atoms with E-state index in [2.05, 4.69) is 15.5 Å². The number of anilines is 1. The van der Waals surface area contributed by atoms with Gasteiger partial charge in [0.2, 0.25) is 5.91 Å². The molecule has 2 aromatic heterocycles. The van der Waals surface area contributed by atoms with Crippen molar-refractivity contribution in [3.63, 3.8) is 0 Å². The highest BCUT2D eigenvalue weighted by Gasteiger charge is 2.20. The molecule has 130 valence electrons. The molecule has 0 saturated heterocycles. The van der Waals surface area contributed by atoms with Crippen LogP contribution >= 0.6 is 34.7 Å². The van der Waals surface area contributed by atoms with Crippen molar-refractivity contribution in [1.82, 2.24) is 10.2 Å². The third-order valence-corrected chi connectivity index (χ3v) is 5.23. The fourth-order valence-corrected chi connectivity index (χ4v) is 3.47. The third-order valence-electron chi connectivity index (χ3n) is 3.20. The lowest BCUT2D eigenvalue weighted by molar-refractivity contribution is -0.115. The van der Waals surface area contributed by atoms with Gasteiger partial charge in [-0.15, -0.1) is 21.5 Å². The van der Waals surface area contributed by atoms with E-state index in [4.69, 9.17) is 20.8 Å². The number of thiophene rings is 1. The molecule has 25 heavy (non-hydrogen) atoms. The summed E-state index contributed by atoms with van der Waals surface area (Å²) in [7, 11) is 1.53. The zero-order valence-electron chi connectivity index (χ0n) is 13.4. The Balaban J connectivity index is 1.66. The highest BCUT2D eigenvalue weighted by atomic mass is 35.5. The summed E-state index contributed by atoms with van der Waals surface area (Å²) in [5.41, 5.74) is 0.511. The van der Waals surface area contributed by atoms with Crippen LogP contribution in [-0.2, 0) is 4.79 Å². The quantitative estimate of drug-likeness (QED) is 0.615. The topological polar surface area (TPSA) is 77.2 Å². The Morgan fingerprint density at radius 2 is 2.24 bits per heavy atom. The second-order valence-corrected chi connectivity index (χ2v) is 7.62. The smallest absolute Gasteiger partial charge is 0.277 e. The van der Waals surface area contributed by atoms with Crippen molar-refractivity contribution in [1.29, 1.82) is 0 Å². The zero-order valence-corrected chi connectivity index (χ0v) is 15.7. The fourth-order valence-electron chi connectivity index (χ4n) is 1.97. The highest BCUT2D eigenvalue weighted by molar-refractivity contribution is 8.00. The van der Waals surface area contributed by atoms with Gasteiger partial charge < -0.3 is 14.5 Å². The maximum atomic E-state index is 12.4. The van der Waals surface area contributed by atoms with E-state index >= 15 is 0 Å². The van der Waals surface area contributed by atoms with Crippen LogP contribution < -0.4 is 10.1 Å². The molecule has 9 heteroatoms. The molecule has 1 N–H and O–H groups in total. The predicted octanol–water partition coefficient (Wildman–Crippen LogP) is 4.58. The average Bonchev–Trinajstić information content (AvgIpc) is 3.26. The van der Waals surface area contributed by atoms with Gasteiger partial charge in [0.05, 0.1) is 22.9 Å². The van der Waals surface area contributed by atoms with Crippen molar-refractivity contribution in [2.45, 2.75) is 17.4 Å². The maximum absolute atomic E-state index is 12.4. The number of aromatic nitrogens is 2. The van der Waals surface area contributed by atoms with Crippen LogP contribution in [-0.4, -0.2) is 28.5 Å². The van der Waals surface area contributed by atoms with Crippen LogP contribution in [0.1, 0.15) is 6.92 Å². The van der Waals surface area contributed by atoms with E-state index in [0.29, 0.717) is 27.6 Å². The molecule has 0 unspecified atom stereocenters. The van der Waals surface area contributed by atoms with Crippen LogP contribution in [0.4, 0.5) is 5.69 Å². The van der Waals surface area contributed by atoms with Crippen molar-refractivity contribution in [3.8, 4) is 16.5 Å². The number of carbonyl (C=O) groups is 1. The van der Waals surface area contributed by atoms with E-state index in [1.165, 1.54) is 30.2 Å². The van der Waals surface area contributed by atoms with E-state index in [9.17, 15) is 4.79 Å². The number of methoxy groups -OCH3 is 1. The minimum absolute atomic E-state index is 0.221. The van der Waals surface area contributed by atoms with Gasteiger partial charge in [-0.25, -0.2) is 0 Å². The van der Waals surface area contributed by atoms with Gasteiger partial charge in [0.15, 0.2) is 0 Å². The number of halogens is 1. The summed E-state index contributed by atoms with van der Waals surface area (Å²) < 4.78 is 10.8. The molecule has 3 rings (SSSR count). The number of hydrogen-bond donors (Lipinski definition) is 1. The Morgan fingerprint density at radius 3 is 2.96 bits per heavy atom. The molecule has 1 atom stereocenters. The second-order valence-electron chi connectivity index (χ2n) is 4.94. The minimum atomic E-state index is -0.444. The van der Waals surface area contributed by atoms with Gasteiger partial charge in [0.25, 0.3) is 11.1 Å². The molecular weight excluding hydrogens is 382 g/mol. The number of thioether (sulfide) groups is 1. The summed E-state index contributed by atoms with van der Waals surface area (Å²) >= 11 is 8.67. The van der Waals surface area contributed by atoms with Crippen LogP contribution in [0.3, 0.4) is 0 Å². The van der Waals surface area contributed by atoms with Crippen LogP contribution in [0.5, 0.6) is 5.75 Å². The van der Waals surface area contributed by atoms with E-state index in [-0.39, 0.29) is 5.91 Å². The lowest BCUT2D eigenvalue weighted by atomic mass is 10.3. The van der Waals surface area contributed by atoms with Gasteiger partial charge in [0.1, 0.15) is 5.75 Å². The number of benzene rings is 1. The molecule has 0 saturated carbocycles. The molecule has 1 aromatic carbocycles. The number of nitrogens with one attached hydrogen (secondary N) is 1. The minimum Gasteiger partial charge on any atom is -0.495 e. The van der Waals surface area contributed by atoms with Crippen molar-refractivity contribution in [3.05, 3.63) is 40.7 Å². The van der Waals surface area contributed by atoms with Gasteiger partial charge in [0, 0.05) is 5.02 Å². The molecule has 6 nitrogen and oxygen atoms in total. The molecule has 0 radical (unpaired) electrons. The summed E-state index contributed by atoms with van der Waals surface area (Å²) in [5, 5.41) is 13.1. The number of ether oxygens (including phenoxy) is 1. The first-order valence-electron chi connectivity index (χ1n) is 7.25. The van der Waals surface area contributed by atoms with Gasteiger partial charge in [-0.05, 0) is 36.6 Å². The Labute approximate surface area is 157 Å². The SMILES string of the molecule is COc1ccc(Cl)cc1NC(=O)[C@@H](C)Sc1nnc(-c2cccs2)o1. The summed E-state index contributed by atoms with van der Waals surface area (Å²) in [6, 6.07) is 8.83. The molecule has 0 fully saturated rings. The Morgan fingerprint density at radius 1 is 1.40 bits per heavy atom. The number of carbonyl (C=O) groups excluding carboxylic acids is 1. The van der Waals surface area contributed by atoms with Crippen molar-refractivity contribution < 1.29 is 13.9 Å². The molecule has 0 aliphatic rings. The molecular formula is C16H14ClN3O3S2. The Kier molecular flexibility index (Phi) is 5.62. The zero-order chi connectivity index (χ0) is 17.8. The molecule has 0 spiro atoms. The van der Waals surface area contributed by atoms with E-state index in [1.54, 1.807) is 25.1 Å². The lowest BCUT2D eigenvalue weighted by Gasteiger charge is -2.13. The maximum Gasteiger partial charge on any atom is 0.277 e. The van der Waals surface area contributed by atoms with Crippen LogP contribution in [0.25, 0.3) is 10.8 Å². The number of rotatable bonds is 6. The molecule has 2 heterocycles. The number of amides is 1. The van der Waals surface area contributed by atoms with Crippen LogP contribution in [0.2, 0.25) is 5.02 Å². The normalized spacial score (nSPS) is 12.0. The van der Waals surface area contributed by atoms with Gasteiger partial charge in [-0.1, -0.05) is 29.4 Å². The molecule has 3 aromatic rings. The van der Waals surface area contributed by atoms with Gasteiger partial charge in [-0.3, -0.25) is 4.79 Å². The molecule has 1 amide bonds. The fraction of sp³-hybridized carbons (Fsp3) is 0.188. The monoisotopic (exact) mass is 395 g/mol. The number of nitrogens with zero attached hydrogens (tertiary/aromatic N) is 2.